The highest BCUT2D eigenvalue weighted by Crippen LogP contribution is 2.21. The van der Waals surface area contributed by atoms with Crippen LogP contribution in [0, 0.1) is 18.3 Å². The molecule has 118 valence electrons. The molecule has 0 saturated carbocycles. The Morgan fingerprint density at radius 1 is 1.38 bits per heavy atom. The molecule has 1 fully saturated rings. The predicted octanol–water partition coefficient (Wildman–Crippen LogP) is -0.405. The Kier molecular flexibility index (Phi) is 6.18. The van der Waals surface area contributed by atoms with Crippen molar-refractivity contribution >= 4 is 21.9 Å². The number of carbonyl (C=O) groups is 2. The molecule has 0 spiro atoms. The van der Waals surface area contributed by atoms with Crippen molar-refractivity contribution in [2.45, 2.75) is 19.8 Å². The second-order valence-electron chi connectivity index (χ2n) is 4.87. The monoisotopic (exact) mass is 316 g/mol. The number of carboxylic acids is 1. The lowest BCUT2D eigenvalue weighted by Crippen LogP contribution is -2.46. The first kappa shape index (κ1) is 17.5. The minimum atomic E-state index is -3.24. The number of nitrogens with zero attached hydrogens (tertiary/aromatic N) is 2. The quantitative estimate of drug-likeness (QED) is 0.673. The highest BCUT2D eigenvalue weighted by Gasteiger charge is 2.32. The minimum Gasteiger partial charge on any atom is -0.480 e. The minimum absolute atomic E-state index is 0.0356. The maximum absolute atomic E-state index is 12.2. The van der Waals surface area contributed by atoms with Gasteiger partial charge in [-0.3, -0.25) is 9.59 Å². The fraction of sp³-hybridized carbons (Fsp3) is 0.692. The molecular weight excluding hydrogens is 296 g/mol. The van der Waals surface area contributed by atoms with Crippen LogP contribution in [0.5, 0.6) is 0 Å². The topological polar surface area (TPSA) is 95.0 Å². The van der Waals surface area contributed by atoms with Gasteiger partial charge in [0.15, 0.2) is 0 Å². The second-order valence-corrected chi connectivity index (χ2v) is 7.12. The van der Waals surface area contributed by atoms with Crippen molar-refractivity contribution in [2.75, 3.05) is 31.9 Å². The predicted molar refractivity (Wildman–Crippen MR) is 76.8 cm³/mol. The van der Waals surface area contributed by atoms with Gasteiger partial charge in [-0.15, -0.1) is 6.42 Å². The third-order valence-corrected chi connectivity index (χ3v) is 5.36. The average Bonchev–Trinajstić information content (AvgIpc) is 2.45. The van der Waals surface area contributed by atoms with Gasteiger partial charge in [0, 0.05) is 19.0 Å². The first-order valence-electron chi connectivity index (χ1n) is 6.73. The summed E-state index contributed by atoms with van der Waals surface area (Å²) in [5, 5.41) is 8.79. The largest absolute Gasteiger partial charge is 0.480 e. The smallest absolute Gasteiger partial charge is 0.323 e. The van der Waals surface area contributed by atoms with Crippen molar-refractivity contribution in [3.63, 3.8) is 0 Å². The van der Waals surface area contributed by atoms with E-state index in [0.29, 0.717) is 12.8 Å². The lowest BCUT2D eigenvalue weighted by Gasteiger charge is -2.32. The molecule has 1 aliphatic heterocycles. The number of sulfonamides is 1. The van der Waals surface area contributed by atoms with Crippen molar-refractivity contribution in [3.8, 4) is 12.3 Å². The number of carbonyl (C=O) groups excluding carboxylic acids is 1. The summed E-state index contributed by atoms with van der Waals surface area (Å²) in [6.45, 7) is 1.65. The molecule has 1 rings (SSSR count). The van der Waals surface area contributed by atoms with Crippen molar-refractivity contribution in [2.24, 2.45) is 5.92 Å². The molecule has 0 aromatic heterocycles. The van der Waals surface area contributed by atoms with Crippen LogP contribution >= 0.6 is 0 Å². The van der Waals surface area contributed by atoms with Gasteiger partial charge < -0.3 is 10.0 Å². The zero-order valence-electron chi connectivity index (χ0n) is 12.0. The molecule has 1 heterocycles. The third-order valence-electron chi connectivity index (χ3n) is 3.48. The Balaban J connectivity index is 2.66. The summed E-state index contributed by atoms with van der Waals surface area (Å²) in [4.78, 5) is 24.1. The number of rotatable bonds is 6. The van der Waals surface area contributed by atoms with E-state index in [9.17, 15) is 18.0 Å². The van der Waals surface area contributed by atoms with Crippen LogP contribution in [0.1, 0.15) is 19.8 Å². The Morgan fingerprint density at radius 3 is 2.38 bits per heavy atom. The van der Waals surface area contributed by atoms with Gasteiger partial charge >= 0.3 is 5.97 Å². The zero-order chi connectivity index (χ0) is 16.0. The number of carboxylic acid groups (broad SMARTS) is 1. The number of piperidine rings is 1. The summed E-state index contributed by atoms with van der Waals surface area (Å²) in [5.74, 6) is 0.496. The van der Waals surface area contributed by atoms with Crippen molar-refractivity contribution in [1.29, 1.82) is 0 Å². The highest BCUT2D eigenvalue weighted by atomic mass is 32.2. The summed E-state index contributed by atoms with van der Waals surface area (Å²) < 4.78 is 24.9. The van der Waals surface area contributed by atoms with Crippen LogP contribution in [0.15, 0.2) is 0 Å². The zero-order valence-corrected chi connectivity index (χ0v) is 12.8. The van der Waals surface area contributed by atoms with E-state index in [0.717, 1.165) is 4.90 Å². The average molecular weight is 316 g/mol. The number of aliphatic carboxylic acids is 1. The van der Waals surface area contributed by atoms with E-state index in [2.05, 4.69) is 5.92 Å². The molecule has 0 aromatic carbocycles. The van der Waals surface area contributed by atoms with E-state index in [1.54, 1.807) is 6.92 Å². The van der Waals surface area contributed by atoms with E-state index >= 15 is 0 Å². The molecule has 0 radical (unpaired) electrons. The molecular formula is C13H20N2O5S. The summed E-state index contributed by atoms with van der Waals surface area (Å²) in [6, 6.07) is 0. The second kappa shape index (κ2) is 7.43. The van der Waals surface area contributed by atoms with Crippen LogP contribution in [0.25, 0.3) is 0 Å². The molecule has 0 aliphatic carbocycles. The van der Waals surface area contributed by atoms with Gasteiger partial charge in [0.2, 0.25) is 15.9 Å². The van der Waals surface area contributed by atoms with E-state index in [1.807, 2.05) is 0 Å². The molecule has 1 saturated heterocycles. The van der Waals surface area contributed by atoms with Gasteiger partial charge in [0.25, 0.3) is 0 Å². The van der Waals surface area contributed by atoms with Crippen LogP contribution < -0.4 is 0 Å². The summed E-state index contributed by atoms with van der Waals surface area (Å²) in [6.07, 6.45) is 5.92. The number of hydrogen-bond donors (Lipinski definition) is 1. The molecule has 21 heavy (non-hydrogen) atoms. The molecule has 1 amide bonds. The Bertz CT molecular complexity index is 529. The van der Waals surface area contributed by atoms with Gasteiger partial charge in [0.1, 0.15) is 6.54 Å². The standard InChI is InChI=1S/C13H20N2O5S/c1-3-7-14(10-12(16)17)13(18)11-5-8-15(9-6-11)21(19,20)4-2/h1,11H,4-10H2,2H3,(H,16,17). The van der Waals surface area contributed by atoms with Crippen molar-refractivity contribution in [3.05, 3.63) is 0 Å². The van der Waals surface area contributed by atoms with Crippen molar-refractivity contribution in [1.82, 2.24) is 9.21 Å². The fourth-order valence-corrected chi connectivity index (χ4v) is 3.44. The Hall–Kier alpha value is -1.59. The normalized spacial score (nSPS) is 17.1. The van der Waals surface area contributed by atoms with E-state index < -0.39 is 22.5 Å². The van der Waals surface area contributed by atoms with Crippen LogP contribution in [-0.4, -0.2) is 66.5 Å². The van der Waals surface area contributed by atoms with E-state index in [4.69, 9.17) is 11.5 Å². The van der Waals surface area contributed by atoms with Crippen LogP contribution in [0.3, 0.4) is 0 Å². The molecule has 0 aromatic rings. The fourth-order valence-electron chi connectivity index (χ4n) is 2.31. The SMILES string of the molecule is C#CCN(CC(=O)O)C(=O)C1CCN(S(=O)(=O)CC)CC1. The highest BCUT2D eigenvalue weighted by molar-refractivity contribution is 7.89. The van der Waals surface area contributed by atoms with Gasteiger partial charge in [-0.2, -0.15) is 0 Å². The number of terminal acetylenes is 1. The third kappa shape index (κ3) is 4.72. The summed E-state index contributed by atoms with van der Waals surface area (Å²) in [5.41, 5.74) is 0. The lowest BCUT2D eigenvalue weighted by atomic mass is 9.96. The molecule has 7 nitrogen and oxygen atoms in total. The van der Waals surface area contributed by atoms with E-state index in [-0.39, 0.29) is 37.2 Å². The van der Waals surface area contributed by atoms with Gasteiger partial charge in [-0.1, -0.05) is 5.92 Å². The van der Waals surface area contributed by atoms with Gasteiger partial charge in [-0.05, 0) is 19.8 Å². The molecule has 0 atom stereocenters. The first-order valence-corrected chi connectivity index (χ1v) is 8.34. The molecule has 0 bridgehead atoms. The van der Waals surface area contributed by atoms with E-state index in [1.165, 1.54) is 4.31 Å². The summed E-state index contributed by atoms with van der Waals surface area (Å²) >= 11 is 0. The summed E-state index contributed by atoms with van der Waals surface area (Å²) in [7, 11) is -3.24. The van der Waals surface area contributed by atoms with Crippen LogP contribution in [-0.2, 0) is 19.6 Å². The lowest BCUT2D eigenvalue weighted by molar-refractivity contribution is -0.146. The maximum atomic E-state index is 12.2. The van der Waals surface area contributed by atoms with Crippen LogP contribution in [0.4, 0.5) is 0 Å². The van der Waals surface area contributed by atoms with Crippen LogP contribution in [0.2, 0.25) is 0 Å². The number of hydrogen-bond acceptors (Lipinski definition) is 4. The molecule has 1 N–H and O–H groups in total. The first-order chi connectivity index (χ1) is 9.81. The number of amides is 1. The molecule has 1 aliphatic rings. The van der Waals surface area contributed by atoms with Gasteiger partial charge in [-0.25, -0.2) is 12.7 Å². The van der Waals surface area contributed by atoms with Gasteiger partial charge in [0.05, 0.1) is 12.3 Å². The Morgan fingerprint density at radius 2 is 1.95 bits per heavy atom. The Labute approximate surface area is 125 Å². The van der Waals surface area contributed by atoms with Crippen molar-refractivity contribution < 1.29 is 23.1 Å². The molecule has 0 unspecified atom stereocenters. The maximum Gasteiger partial charge on any atom is 0.323 e. The molecule has 8 heteroatoms.